The number of rotatable bonds is 9. The maximum Gasteiger partial charge on any atom is 1.00 e. The predicted molar refractivity (Wildman–Crippen MR) is 121 cm³/mol. The molecule has 21 heteroatoms. The standard InChI is InChI=1S/C14H16ClN9O7S3.Na.H/c1-23-11(19-21-22-23)10(32)9-8(13(27)24(9)34(28,29)30)18-12(26)7(20-31-2)5-4-33-14(16-5)17-6(25)3-15;;/h4,8-10,32H,3H2,1-2H3,(H,18,26)(H,16,17,25)(H,28,29,30);;/q;+1;-1/b20-7-;;. The zero-order valence-electron chi connectivity index (χ0n) is 19.2. The van der Waals surface area contributed by atoms with Crippen LogP contribution in [0.1, 0.15) is 18.2 Å². The van der Waals surface area contributed by atoms with Gasteiger partial charge >= 0.3 is 39.9 Å². The molecule has 1 aliphatic heterocycles. The molecule has 186 valence electrons. The maximum atomic E-state index is 12.9. The number of carbonyl (C=O) groups excluding carboxylic acids is 3. The Morgan fingerprint density at radius 2 is 2.17 bits per heavy atom. The SMILES string of the molecule is CO/N=C(\C(=O)NC1C(=O)N(S(=O)(=O)O)C1C(S)c1nnnn1C)c1csc(NC(=O)CCl)n1.[H-].[Na+]. The average molecular weight is 578 g/mol. The third-order valence-electron chi connectivity index (χ3n) is 4.38. The minimum absolute atomic E-state index is 0. The van der Waals surface area contributed by atoms with Gasteiger partial charge in [0.25, 0.3) is 11.8 Å². The number of carbonyl (C=O) groups is 3. The van der Waals surface area contributed by atoms with E-state index in [1.807, 2.05) is 0 Å². The fourth-order valence-electron chi connectivity index (χ4n) is 2.95. The van der Waals surface area contributed by atoms with Crippen LogP contribution in [-0.2, 0) is 36.6 Å². The number of anilines is 1. The van der Waals surface area contributed by atoms with Crippen LogP contribution in [0.4, 0.5) is 5.13 Å². The number of hydrogen-bond acceptors (Lipinski definition) is 13. The van der Waals surface area contributed by atoms with Gasteiger partial charge in [0.15, 0.2) is 16.7 Å². The van der Waals surface area contributed by atoms with Gasteiger partial charge in [0, 0.05) is 12.4 Å². The second kappa shape index (κ2) is 11.9. The van der Waals surface area contributed by atoms with Crippen molar-refractivity contribution >= 4 is 74.4 Å². The van der Waals surface area contributed by atoms with Crippen LogP contribution in [0.3, 0.4) is 0 Å². The molecule has 1 saturated heterocycles. The first-order valence-corrected chi connectivity index (χ1v) is 12.3. The van der Waals surface area contributed by atoms with E-state index >= 15 is 0 Å². The summed E-state index contributed by atoms with van der Waals surface area (Å²) in [5.74, 6) is -2.85. The van der Waals surface area contributed by atoms with Crippen LogP contribution < -0.4 is 40.2 Å². The maximum absolute atomic E-state index is 12.9. The third kappa shape index (κ3) is 6.28. The van der Waals surface area contributed by atoms with Crippen LogP contribution in [0.15, 0.2) is 10.5 Å². The van der Waals surface area contributed by atoms with Crippen molar-refractivity contribution in [3.8, 4) is 0 Å². The number of β-lactam (4-membered cyclic amide) rings is 1. The Hall–Kier alpha value is -1.87. The molecule has 1 fully saturated rings. The van der Waals surface area contributed by atoms with E-state index in [0.29, 0.717) is 0 Å². The molecule has 3 atom stereocenters. The Morgan fingerprint density at radius 3 is 2.71 bits per heavy atom. The molecule has 2 aromatic heterocycles. The number of tetrazole rings is 1. The molecule has 0 bridgehead atoms. The Kier molecular flexibility index (Phi) is 9.99. The van der Waals surface area contributed by atoms with Crippen LogP contribution >= 0.6 is 35.6 Å². The van der Waals surface area contributed by atoms with Gasteiger partial charge in [-0.2, -0.15) is 21.0 Å². The van der Waals surface area contributed by atoms with Gasteiger partial charge in [0.2, 0.25) is 5.91 Å². The van der Waals surface area contributed by atoms with E-state index < -0.39 is 45.4 Å². The molecule has 0 aromatic carbocycles. The van der Waals surface area contributed by atoms with Gasteiger partial charge in [0.1, 0.15) is 24.7 Å². The van der Waals surface area contributed by atoms with Crippen LogP contribution in [0.25, 0.3) is 0 Å². The van der Waals surface area contributed by atoms with Crippen molar-refractivity contribution in [1.82, 2.24) is 34.8 Å². The average Bonchev–Trinajstić information content (AvgIpc) is 3.40. The molecule has 3 rings (SSSR count). The Labute approximate surface area is 235 Å². The Morgan fingerprint density at radius 1 is 1.49 bits per heavy atom. The van der Waals surface area contributed by atoms with E-state index in [1.54, 1.807) is 0 Å². The van der Waals surface area contributed by atoms with Gasteiger partial charge in [-0.3, -0.25) is 18.9 Å². The molecule has 0 radical (unpaired) electrons. The minimum atomic E-state index is -4.99. The monoisotopic (exact) mass is 577 g/mol. The first kappa shape index (κ1) is 29.4. The molecule has 0 spiro atoms. The van der Waals surface area contributed by atoms with Crippen molar-refractivity contribution in [3.05, 3.63) is 16.9 Å². The number of nitrogens with one attached hydrogen (secondary N) is 2. The molecular formula is C14H17ClN9NaO7S3. The number of amides is 3. The van der Waals surface area contributed by atoms with E-state index in [-0.39, 0.29) is 63.5 Å². The van der Waals surface area contributed by atoms with Crippen LogP contribution in [0.5, 0.6) is 0 Å². The molecule has 0 aliphatic carbocycles. The van der Waals surface area contributed by atoms with Crippen LogP contribution in [-0.4, -0.2) is 91.0 Å². The summed E-state index contributed by atoms with van der Waals surface area (Å²) in [5.41, 5.74) is -0.387. The van der Waals surface area contributed by atoms with Crippen molar-refractivity contribution in [2.75, 3.05) is 18.3 Å². The summed E-state index contributed by atoms with van der Waals surface area (Å²) < 4.78 is 34.4. The third-order valence-corrected chi connectivity index (χ3v) is 6.84. The largest absolute Gasteiger partial charge is 1.00 e. The first-order chi connectivity index (χ1) is 16.0. The van der Waals surface area contributed by atoms with E-state index in [4.69, 9.17) is 11.6 Å². The summed E-state index contributed by atoms with van der Waals surface area (Å²) in [7, 11) is -2.37. The van der Waals surface area contributed by atoms with Gasteiger partial charge < -0.3 is 16.9 Å². The summed E-state index contributed by atoms with van der Waals surface area (Å²) >= 11 is 10.7. The fraction of sp³-hybridized carbons (Fsp3) is 0.429. The fourth-order valence-corrected chi connectivity index (χ4v) is 5.23. The predicted octanol–water partition coefficient (Wildman–Crippen LogP) is -4.52. The molecule has 2 aromatic rings. The molecule has 3 amide bonds. The van der Waals surface area contributed by atoms with Crippen LogP contribution in [0, 0.1) is 0 Å². The number of aryl methyl sites for hydroxylation is 1. The van der Waals surface area contributed by atoms with Crippen molar-refractivity contribution in [3.63, 3.8) is 0 Å². The van der Waals surface area contributed by atoms with Crippen molar-refractivity contribution in [2.24, 2.45) is 12.2 Å². The Balaban J connectivity index is 0.00000324. The van der Waals surface area contributed by atoms with Crippen LogP contribution in [0.2, 0.25) is 0 Å². The summed E-state index contributed by atoms with van der Waals surface area (Å²) in [6, 6.07) is -2.83. The second-order valence-electron chi connectivity index (χ2n) is 6.50. The molecule has 35 heavy (non-hydrogen) atoms. The van der Waals surface area contributed by atoms with Gasteiger partial charge in [-0.05, 0) is 10.4 Å². The van der Waals surface area contributed by atoms with Gasteiger partial charge in [-0.15, -0.1) is 28.0 Å². The summed E-state index contributed by atoms with van der Waals surface area (Å²) in [4.78, 5) is 45.6. The smallest absolute Gasteiger partial charge is 1.00 e. The molecule has 3 N–H and O–H groups in total. The molecule has 0 saturated carbocycles. The topological polar surface area (TPSA) is 211 Å². The first-order valence-electron chi connectivity index (χ1n) is 8.94. The minimum Gasteiger partial charge on any atom is -1.00 e. The van der Waals surface area contributed by atoms with Crippen molar-refractivity contribution in [2.45, 2.75) is 17.3 Å². The number of aromatic nitrogens is 5. The van der Waals surface area contributed by atoms with E-state index in [2.05, 4.69) is 53.8 Å². The van der Waals surface area contributed by atoms with Gasteiger partial charge in [-0.25, -0.2) is 14.0 Å². The summed E-state index contributed by atoms with van der Waals surface area (Å²) in [6.07, 6.45) is 0. The zero-order chi connectivity index (χ0) is 25.2. The molecule has 3 heterocycles. The normalized spacial score (nSPS) is 18.8. The summed E-state index contributed by atoms with van der Waals surface area (Å²) in [5, 5.41) is 19.5. The molecular weight excluding hydrogens is 561 g/mol. The van der Waals surface area contributed by atoms with Gasteiger partial charge in [-0.1, -0.05) is 5.16 Å². The number of halogens is 1. The second-order valence-corrected chi connectivity index (χ2v) is 9.47. The van der Waals surface area contributed by atoms with E-state index in [0.717, 1.165) is 18.4 Å². The number of alkyl halides is 1. The van der Waals surface area contributed by atoms with Gasteiger partial charge in [0.05, 0.1) is 11.3 Å². The van der Waals surface area contributed by atoms with Crippen molar-refractivity contribution < 1.29 is 63.2 Å². The number of hydrogen-bond donors (Lipinski definition) is 4. The molecule has 1 aliphatic rings. The van der Waals surface area contributed by atoms with E-state index in [1.165, 1.54) is 17.1 Å². The molecule has 3 unspecified atom stereocenters. The number of thiol groups is 1. The van der Waals surface area contributed by atoms with E-state index in [9.17, 15) is 27.4 Å². The quantitative estimate of drug-likeness (QED) is 0.0424. The number of oxime groups is 1. The Bertz CT molecular complexity index is 1260. The zero-order valence-corrected chi connectivity index (χ0v) is 23.5. The van der Waals surface area contributed by atoms with Crippen molar-refractivity contribution in [1.29, 1.82) is 0 Å². The molecule has 16 nitrogen and oxygen atoms in total. The number of nitrogens with zero attached hydrogens (tertiary/aromatic N) is 7. The summed E-state index contributed by atoms with van der Waals surface area (Å²) in [6.45, 7) is 0. The number of thiazole rings is 1.